The topological polar surface area (TPSA) is 55.6 Å². The fraction of sp³-hybridized carbons (Fsp3) is 0.533. The first-order valence-corrected chi connectivity index (χ1v) is 6.87. The highest BCUT2D eigenvalue weighted by atomic mass is 16.5. The fourth-order valence-electron chi connectivity index (χ4n) is 2.24. The highest BCUT2D eigenvalue weighted by Crippen LogP contribution is 2.24. The van der Waals surface area contributed by atoms with Gasteiger partial charge >= 0.3 is 0 Å². The molecule has 0 bridgehead atoms. The summed E-state index contributed by atoms with van der Waals surface area (Å²) >= 11 is 0. The minimum atomic E-state index is -0.0630. The molecule has 1 fully saturated rings. The summed E-state index contributed by atoms with van der Waals surface area (Å²) in [6.45, 7) is 5.48. The zero-order chi connectivity index (χ0) is 13.8. The molecule has 0 aliphatic carbocycles. The third-order valence-electron chi connectivity index (χ3n) is 3.78. The number of rotatable bonds is 4. The van der Waals surface area contributed by atoms with Crippen LogP contribution >= 0.6 is 0 Å². The number of benzene rings is 1. The molecule has 0 spiro atoms. The van der Waals surface area contributed by atoms with E-state index in [9.17, 15) is 4.79 Å². The van der Waals surface area contributed by atoms with E-state index in [4.69, 9.17) is 10.5 Å². The van der Waals surface area contributed by atoms with E-state index in [-0.39, 0.29) is 18.6 Å². The molecule has 1 aliphatic rings. The minimum absolute atomic E-state index is 0.000917. The smallest absolute Gasteiger partial charge is 0.253 e. The largest absolute Gasteiger partial charge is 0.365 e. The number of amides is 1. The fourth-order valence-corrected chi connectivity index (χ4v) is 2.24. The zero-order valence-corrected chi connectivity index (χ0v) is 11.6. The van der Waals surface area contributed by atoms with Crippen molar-refractivity contribution < 1.29 is 9.53 Å². The Bertz CT molecular complexity index is 430. The maximum Gasteiger partial charge on any atom is 0.253 e. The van der Waals surface area contributed by atoms with Crippen LogP contribution in [0, 0.1) is 0 Å². The molecule has 0 aromatic heterocycles. The molecule has 2 unspecified atom stereocenters. The Labute approximate surface area is 114 Å². The summed E-state index contributed by atoms with van der Waals surface area (Å²) in [4.78, 5) is 13.7. The van der Waals surface area contributed by atoms with E-state index in [1.165, 1.54) is 5.56 Å². The van der Waals surface area contributed by atoms with Gasteiger partial charge < -0.3 is 15.4 Å². The van der Waals surface area contributed by atoms with Crippen molar-refractivity contribution >= 4 is 11.6 Å². The van der Waals surface area contributed by atoms with Crippen molar-refractivity contribution in [3.63, 3.8) is 0 Å². The molecule has 1 heterocycles. The van der Waals surface area contributed by atoms with Crippen LogP contribution in [0.3, 0.4) is 0 Å². The van der Waals surface area contributed by atoms with Crippen molar-refractivity contribution in [1.82, 2.24) is 0 Å². The number of nitrogens with two attached hydrogens (primary N) is 1. The lowest BCUT2D eigenvalue weighted by atomic mass is 9.98. The van der Waals surface area contributed by atoms with Crippen LogP contribution in [-0.4, -0.2) is 31.7 Å². The van der Waals surface area contributed by atoms with Gasteiger partial charge in [0, 0.05) is 12.2 Å². The van der Waals surface area contributed by atoms with Crippen LogP contribution < -0.4 is 10.6 Å². The van der Waals surface area contributed by atoms with Crippen LogP contribution in [0.15, 0.2) is 24.3 Å². The van der Waals surface area contributed by atoms with Crippen LogP contribution in [0.5, 0.6) is 0 Å². The molecular weight excluding hydrogens is 240 g/mol. The van der Waals surface area contributed by atoms with Gasteiger partial charge in [-0.25, -0.2) is 0 Å². The number of nitrogens with zero attached hydrogens (tertiary/aromatic N) is 1. The maximum absolute atomic E-state index is 11.9. The van der Waals surface area contributed by atoms with Crippen LogP contribution in [-0.2, 0) is 9.53 Å². The summed E-state index contributed by atoms with van der Waals surface area (Å²) in [5, 5.41) is 0. The number of hydrogen-bond acceptors (Lipinski definition) is 3. The SMILES string of the molecule is CCC(C)c1ccc(N2CC(CN)OCC2=O)cc1. The van der Waals surface area contributed by atoms with Crippen LogP contribution in [0.1, 0.15) is 31.7 Å². The number of ether oxygens (including phenoxy) is 1. The highest BCUT2D eigenvalue weighted by Gasteiger charge is 2.26. The summed E-state index contributed by atoms with van der Waals surface area (Å²) in [5.41, 5.74) is 7.85. The Balaban J connectivity index is 2.14. The van der Waals surface area contributed by atoms with Crippen LogP contribution in [0.2, 0.25) is 0 Å². The molecule has 0 saturated carbocycles. The summed E-state index contributed by atoms with van der Waals surface area (Å²) in [6.07, 6.45) is 1.05. The monoisotopic (exact) mass is 262 g/mol. The standard InChI is InChI=1S/C15H22N2O2/c1-3-11(2)12-4-6-13(7-5-12)17-9-14(8-16)19-10-15(17)18/h4-7,11,14H,3,8-10,16H2,1-2H3. The second-order valence-electron chi connectivity index (χ2n) is 5.07. The van der Waals surface area contributed by atoms with Gasteiger partial charge in [-0.15, -0.1) is 0 Å². The molecule has 1 saturated heterocycles. The van der Waals surface area contributed by atoms with Gasteiger partial charge in [0.05, 0.1) is 12.6 Å². The van der Waals surface area contributed by atoms with Gasteiger partial charge in [0.25, 0.3) is 5.91 Å². The van der Waals surface area contributed by atoms with Crippen LogP contribution in [0.4, 0.5) is 5.69 Å². The van der Waals surface area contributed by atoms with Crippen molar-refractivity contribution in [2.75, 3.05) is 24.6 Å². The molecule has 4 nitrogen and oxygen atoms in total. The summed E-state index contributed by atoms with van der Waals surface area (Å²) < 4.78 is 5.35. The molecule has 0 radical (unpaired) electrons. The van der Waals surface area contributed by atoms with E-state index in [1.54, 1.807) is 4.90 Å². The molecule has 1 aromatic rings. The summed E-state index contributed by atoms with van der Waals surface area (Å²) in [5.74, 6) is 0.548. The molecule has 19 heavy (non-hydrogen) atoms. The second-order valence-corrected chi connectivity index (χ2v) is 5.07. The number of anilines is 1. The van der Waals surface area contributed by atoms with Crippen molar-refractivity contribution in [2.45, 2.75) is 32.3 Å². The third-order valence-corrected chi connectivity index (χ3v) is 3.78. The average molecular weight is 262 g/mol. The summed E-state index contributed by atoms with van der Waals surface area (Å²) in [6, 6.07) is 8.23. The normalized spacial score (nSPS) is 21.5. The Hall–Kier alpha value is -1.39. The number of carbonyl (C=O) groups excluding carboxylic acids is 1. The number of morpholine rings is 1. The lowest BCUT2D eigenvalue weighted by Gasteiger charge is -2.32. The van der Waals surface area contributed by atoms with Gasteiger partial charge in [0.2, 0.25) is 0 Å². The lowest BCUT2D eigenvalue weighted by molar-refractivity contribution is -0.128. The van der Waals surface area contributed by atoms with Crippen molar-refractivity contribution in [3.05, 3.63) is 29.8 Å². The molecular formula is C15H22N2O2. The van der Waals surface area contributed by atoms with E-state index >= 15 is 0 Å². The molecule has 1 aromatic carbocycles. The second kappa shape index (κ2) is 6.17. The highest BCUT2D eigenvalue weighted by molar-refractivity contribution is 5.95. The first-order chi connectivity index (χ1) is 9.15. The molecule has 2 N–H and O–H groups in total. The van der Waals surface area contributed by atoms with Gasteiger partial charge in [-0.3, -0.25) is 4.79 Å². The molecule has 1 aliphatic heterocycles. The van der Waals surface area contributed by atoms with Gasteiger partial charge in [0.15, 0.2) is 0 Å². The Morgan fingerprint density at radius 2 is 2.11 bits per heavy atom. The molecule has 104 valence electrons. The first-order valence-electron chi connectivity index (χ1n) is 6.87. The quantitative estimate of drug-likeness (QED) is 0.901. The van der Waals surface area contributed by atoms with Gasteiger partial charge in [-0.2, -0.15) is 0 Å². The van der Waals surface area contributed by atoms with Gasteiger partial charge in [-0.1, -0.05) is 26.0 Å². The third kappa shape index (κ3) is 3.14. The Morgan fingerprint density at radius 1 is 1.42 bits per heavy atom. The van der Waals surface area contributed by atoms with Crippen LogP contribution in [0.25, 0.3) is 0 Å². The molecule has 2 rings (SSSR count). The lowest BCUT2D eigenvalue weighted by Crippen LogP contribution is -2.49. The minimum Gasteiger partial charge on any atom is -0.365 e. The van der Waals surface area contributed by atoms with Crippen molar-refractivity contribution in [3.8, 4) is 0 Å². The van der Waals surface area contributed by atoms with Crippen molar-refractivity contribution in [1.29, 1.82) is 0 Å². The van der Waals surface area contributed by atoms with Gasteiger partial charge in [-0.05, 0) is 30.0 Å². The Morgan fingerprint density at radius 3 is 2.68 bits per heavy atom. The predicted octanol–water partition coefficient (Wildman–Crippen LogP) is 1.89. The molecule has 2 atom stereocenters. The molecule has 4 heteroatoms. The van der Waals surface area contributed by atoms with E-state index in [0.717, 1.165) is 12.1 Å². The van der Waals surface area contributed by atoms with E-state index in [0.29, 0.717) is 19.0 Å². The number of carbonyl (C=O) groups is 1. The molecule has 1 amide bonds. The van der Waals surface area contributed by atoms with E-state index in [2.05, 4.69) is 26.0 Å². The first kappa shape index (κ1) is 14.0. The van der Waals surface area contributed by atoms with Crippen molar-refractivity contribution in [2.24, 2.45) is 5.73 Å². The average Bonchev–Trinajstić information content (AvgIpc) is 2.47. The zero-order valence-electron chi connectivity index (χ0n) is 11.6. The van der Waals surface area contributed by atoms with E-state index in [1.807, 2.05) is 12.1 Å². The predicted molar refractivity (Wildman–Crippen MR) is 76.3 cm³/mol. The maximum atomic E-state index is 11.9. The summed E-state index contributed by atoms with van der Waals surface area (Å²) in [7, 11) is 0. The van der Waals surface area contributed by atoms with E-state index < -0.39 is 0 Å². The Kier molecular flexibility index (Phi) is 4.56. The van der Waals surface area contributed by atoms with Gasteiger partial charge in [0.1, 0.15) is 6.61 Å². The number of hydrogen-bond donors (Lipinski definition) is 1.